The third-order valence-electron chi connectivity index (χ3n) is 7.37. The van der Waals surface area contributed by atoms with Gasteiger partial charge < -0.3 is 5.11 Å². The summed E-state index contributed by atoms with van der Waals surface area (Å²) in [6, 6.07) is 21.0. The minimum absolute atomic E-state index is 0.0350. The van der Waals surface area contributed by atoms with Crippen LogP contribution in [0.2, 0.25) is 0 Å². The normalized spacial score (nSPS) is 18.7. The predicted molar refractivity (Wildman–Crippen MR) is 137 cm³/mol. The molecule has 1 spiro atoms. The Morgan fingerprint density at radius 2 is 1.59 bits per heavy atom. The summed E-state index contributed by atoms with van der Waals surface area (Å²) in [5, 5.41) is 10.7. The molecular weight excluding hydrogens is 462 g/mol. The van der Waals surface area contributed by atoms with Crippen molar-refractivity contribution in [2.75, 3.05) is 0 Å². The number of hydrogen-bond acceptors (Lipinski definition) is 4. The van der Waals surface area contributed by atoms with Gasteiger partial charge in [-0.25, -0.2) is 13.1 Å². The number of nitrogens with one attached hydrogen (secondary N) is 1. The third-order valence-corrected chi connectivity index (χ3v) is 10.2. The van der Waals surface area contributed by atoms with E-state index in [4.69, 9.17) is 0 Å². The molecule has 0 radical (unpaired) electrons. The Morgan fingerprint density at radius 3 is 2.32 bits per heavy atom. The van der Waals surface area contributed by atoms with E-state index in [2.05, 4.69) is 35.1 Å². The second-order valence-electron chi connectivity index (χ2n) is 9.62. The second kappa shape index (κ2) is 9.15. The van der Waals surface area contributed by atoms with Crippen molar-refractivity contribution in [3.05, 3.63) is 89.0 Å². The van der Waals surface area contributed by atoms with Crippen molar-refractivity contribution in [3.63, 3.8) is 0 Å². The van der Waals surface area contributed by atoms with E-state index in [1.165, 1.54) is 35.3 Å². The van der Waals surface area contributed by atoms with Gasteiger partial charge in [-0.1, -0.05) is 85.6 Å². The molecule has 1 heterocycles. The van der Waals surface area contributed by atoms with Crippen molar-refractivity contribution in [3.8, 4) is 0 Å². The minimum Gasteiger partial charge on any atom is -0.387 e. The van der Waals surface area contributed by atoms with E-state index in [0.29, 0.717) is 5.56 Å². The van der Waals surface area contributed by atoms with Crippen LogP contribution >= 0.6 is 11.8 Å². The van der Waals surface area contributed by atoms with Crippen molar-refractivity contribution in [2.45, 2.75) is 78.2 Å². The van der Waals surface area contributed by atoms with E-state index < -0.39 is 22.2 Å². The molecule has 1 saturated carbocycles. The Balaban J connectivity index is 1.52. The Labute approximate surface area is 206 Å². The molecule has 2 N–H and O–H groups in total. The molecule has 2 atom stereocenters. The van der Waals surface area contributed by atoms with E-state index in [1.807, 2.05) is 31.2 Å². The lowest BCUT2D eigenvalue weighted by Gasteiger charge is -2.43. The van der Waals surface area contributed by atoms with Crippen LogP contribution in [0, 0.1) is 6.92 Å². The lowest BCUT2D eigenvalue weighted by molar-refractivity contribution is 0.146. The lowest BCUT2D eigenvalue weighted by atomic mass is 9.65. The first kappa shape index (κ1) is 23.6. The number of fused-ring (bicyclic) bond motifs is 4. The van der Waals surface area contributed by atoms with Crippen LogP contribution < -0.4 is 4.72 Å². The van der Waals surface area contributed by atoms with Crippen molar-refractivity contribution >= 4 is 21.8 Å². The van der Waals surface area contributed by atoms with Gasteiger partial charge in [-0.2, -0.15) is 0 Å². The van der Waals surface area contributed by atoms with E-state index in [1.54, 1.807) is 30.8 Å². The molecule has 1 aliphatic carbocycles. The molecule has 0 aromatic heterocycles. The molecule has 4 nitrogen and oxygen atoms in total. The molecule has 5 rings (SSSR count). The second-order valence-corrected chi connectivity index (χ2v) is 12.4. The van der Waals surface area contributed by atoms with Gasteiger partial charge in [0.2, 0.25) is 10.0 Å². The number of aliphatic hydroxyl groups excluding tert-OH is 1. The summed E-state index contributed by atoms with van der Waals surface area (Å²) in [5.74, 6) is 0. The molecule has 3 aromatic carbocycles. The highest BCUT2D eigenvalue weighted by atomic mass is 32.2. The highest BCUT2D eigenvalue weighted by Crippen LogP contribution is 2.55. The lowest BCUT2D eigenvalue weighted by Crippen LogP contribution is -2.38. The van der Waals surface area contributed by atoms with Gasteiger partial charge in [-0.05, 0) is 61.1 Å². The average molecular weight is 494 g/mol. The van der Waals surface area contributed by atoms with Crippen molar-refractivity contribution in [2.24, 2.45) is 0 Å². The van der Waals surface area contributed by atoms with Crippen LogP contribution in [0.15, 0.2) is 81.4 Å². The Bertz CT molecular complexity index is 1300. The summed E-state index contributed by atoms with van der Waals surface area (Å²) >= 11 is 1.67. The number of rotatable bonds is 5. The van der Waals surface area contributed by atoms with E-state index in [-0.39, 0.29) is 10.3 Å². The zero-order valence-corrected chi connectivity index (χ0v) is 21.3. The van der Waals surface area contributed by atoms with Crippen molar-refractivity contribution in [1.29, 1.82) is 0 Å². The van der Waals surface area contributed by atoms with Crippen LogP contribution in [-0.4, -0.2) is 19.6 Å². The molecule has 3 aromatic rings. The first-order chi connectivity index (χ1) is 16.3. The molecule has 178 valence electrons. The van der Waals surface area contributed by atoms with Gasteiger partial charge in [0.1, 0.15) is 0 Å². The van der Waals surface area contributed by atoms with Gasteiger partial charge >= 0.3 is 0 Å². The fourth-order valence-corrected chi connectivity index (χ4v) is 8.51. The highest BCUT2D eigenvalue weighted by Gasteiger charge is 2.42. The molecule has 34 heavy (non-hydrogen) atoms. The Hall–Kier alpha value is -2.12. The summed E-state index contributed by atoms with van der Waals surface area (Å²) in [6.45, 7) is 3.58. The van der Waals surface area contributed by atoms with E-state index >= 15 is 0 Å². The van der Waals surface area contributed by atoms with Crippen LogP contribution in [0.1, 0.15) is 67.4 Å². The van der Waals surface area contributed by atoms with Crippen LogP contribution in [0.4, 0.5) is 0 Å². The molecule has 2 unspecified atom stereocenters. The SMILES string of the molecule is Cc1cc2c(cc1S(=O)(=O)NC(C)C(O)c1ccccc1)Sc1ccccc1C21CCCCC1. The van der Waals surface area contributed by atoms with Crippen LogP contribution in [0.5, 0.6) is 0 Å². The van der Waals surface area contributed by atoms with Gasteiger partial charge in [0.25, 0.3) is 0 Å². The number of hydrogen-bond donors (Lipinski definition) is 2. The topological polar surface area (TPSA) is 66.4 Å². The van der Waals surface area contributed by atoms with Crippen LogP contribution in [0.25, 0.3) is 0 Å². The maximum absolute atomic E-state index is 13.5. The van der Waals surface area contributed by atoms with Crippen molar-refractivity contribution < 1.29 is 13.5 Å². The molecular formula is C28H31NO3S2. The third kappa shape index (κ3) is 4.11. The van der Waals surface area contributed by atoms with Gasteiger partial charge in [-0.3, -0.25) is 0 Å². The summed E-state index contributed by atoms with van der Waals surface area (Å²) < 4.78 is 29.7. The number of benzene rings is 3. The van der Waals surface area contributed by atoms with Gasteiger partial charge in [-0.15, -0.1) is 0 Å². The van der Waals surface area contributed by atoms with Gasteiger partial charge in [0, 0.05) is 21.2 Å². The molecule has 2 aliphatic rings. The largest absolute Gasteiger partial charge is 0.387 e. The summed E-state index contributed by atoms with van der Waals surface area (Å²) in [7, 11) is -3.82. The fourth-order valence-electron chi connectivity index (χ4n) is 5.64. The maximum Gasteiger partial charge on any atom is 0.241 e. The molecule has 1 fully saturated rings. The van der Waals surface area contributed by atoms with Gasteiger partial charge in [0.15, 0.2) is 0 Å². The highest BCUT2D eigenvalue weighted by molar-refractivity contribution is 7.99. The summed E-state index contributed by atoms with van der Waals surface area (Å²) in [4.78, 5) is 2.55. The quantitative estimate of drug-likeness (QED) is 0.450. The molecule has 6 heteroatoms. The summed E-state index contributed by atoms with van der Waals surface area (Å²) in [5.41, 5.74) is 4.06. The van der Waals surface area contributed by atoms with Crippen LogP contribution in [0.3, 0.4) is 0 Å². The number of sulfonamides is 1. The zero-order valence-electron chi connectivity index (χ0n) is 19.6. The monoisotopic (exact) mass is 493 g/mol. The molecule has 0 saturated heterocycles. The van der Waals surface area contributed by atoms with Crippen molar-refractivity contribution in [1.82, 2.24) is 4.72 Å². The smallest absolute Gasteiger partial charge is 0.241 e. The molecule has 0 bridgehead atoms. The Morgan fingerprint density at radius 1 is 0.912 bits per heavy atom. The summed E-state index contributed by atoms with van der Waals surface area (Å²) in [6.07, 6.45) is 4.90. The van der Waals surface area contributed by atoms with E-state index in [0.717, 1.165) is 23.3 Å². The minimum atomic E-state index is -3.82. The Kier molecular flexibility index (Phi) is 6.36. The molecule has 0 amide bonds. The zero-order chi connectivity index (χ0) is 23.9. The number of aryl methyl sites for hydroxylation is 1. The number of aliphatic hydroxyl groups is 1. The van der Waals surface area contributed by atoms with Crippen LogP contribution in [-0.2, 0) is 15.4 Å². The van der Waals surface area contributed by atoms with Gasteiger partial charge in [0.05, 0.1) is 11.0 Å². The predicted octanol–water partition coefficient (Wildman–Crippen LogP) is 6.11. The first-order valence-corrected chi connectivity index (χ1v) is 14.3. The maximum atomic E-state index is 13.5. The fraction of sp³-hybridized carbons (Fsp3) is 0.357. The average Bonchev–Trinajstić information content (AvgIpc) is 2.85. The van der Waals surface area contributed by atoms with E-state index in [9.17, 15) is 13.5 Å². The first-order valence-electron chi connectivity index (χ1n) is 12.0. The molecule has 1 aliphatic heterocycles. The standard InChI is InChI=1S/C28H31NO3S2/c1-19-17-23-25(33-24-14-8-7-13-22(24)28(23)15-9-4-10-16-28)18-26(19)34(31,32)29-20(2)27(30)21-11-5-3-6-12-21/h3,5-8,11-14,17-18,20,27,29-30H,4,9-10,15-16H2,1-2H3.